The van der Waals surface area contributed by atoms with Crippen LogP contribution in [0.5, 0.6) is 0 Å². The predicted molar refractivity (Wildman–Crippen MR) is 91.4 cm³/mol. The summed E-state index contributed by atoms with van der Waals surface area (Å²) in [6.45, 7) is -0.502. The fourth-order valence-electron chi connectivity index (χ4n) is 2.19. The molecule has 0 saturated heterocycles. The fraction of sp³-hybridized carbons (Fsp3) is 0.267. The number of carboxylic acid groups (broad SMARTS) is 1. The Bertz CT molecular complexity index is 894. The highest BCUT2D eigenvalue weighted by Gasteiger charge is 2.17. The normalized spacial score (nSPS) is 10.8. The number of hydrogen-bond acceptors (Lipinski definition) is 4. The van der Waals surface area contributed by atoms with Gasteiger partial charge in [-0.3, -0.25) is 18.7 Å². The molecule has 0 spiro atoms. The maximum atomic E-state index is 13.7. The van der Waals surface area contributed by atoms with Crippen molar-refractivity contribution in [3.63, 3.8) is 0 Å². The lowest BCUT2D eigenvalue weighted by molar-refractivity contribution is -0.137. The lowest BCUT2D eigenvalue weighted by atomic mass is 10.1. The first-order valence-electron chi connectivity index (χ1n) is 6.86. The van der Waals surface area contributed by atoms with Crippen LogP contribution in [0, 0.1) is 5.82 Å². The van der Waals surface area contributed by atoms with Crippen LogP contribution in [0.25, 0.3) is 11.1 Å². The standard InChI is InChI=1S/C15H14ClFN2O4S/c1-24-6-5-19-14(22)10(7-18(15(19)23)8-12(20)21)9-3-2-4-11(17)13(9)16/h2-4,7H,5-6,8H2,1H3,(H,20,21). The minimum atomic E-state index is -1.23. The van der Waals surface area contributed by atoms with Crippen molar-refractivity contribution >= 4 is 29.3 Å². The summed E-state index contributed by atoms with van der Waals surface area (Å²) >= 11 is 7.35. The Labute approximate surface area is 145 Å². The van der Waals surface area contributed by atoms with Gasteiger partial charge in [0.05, 0.1) is 10.6 Å². The van der Waals surface area contributed by atoms with Crippen molar-refractivity contribution in [3.05, 3.63) is 56.1 Å². The van der Waals surface area contributed by atoms with Gasteiger partial charge in [0.2, 0.25) is 0 Å². The van der Waals surface area contributed by atoms with Crippen molar-refractivity contribution in [1.82, 2.24) is 9.13 Å². The van der Waals surface area contributed by atoms with Crippen LogP contribution < -0.4 is 11.2 Å². The van der Waals surface area contributed by atoms with E-state index in [4.69, 9.17) is 16.7 Å². The average Bonchev–Trinajstić information content (AvgIpc) is 2.53. The van der Waals surface area contributed by atoms with Gasteiger partial charge in [-0.2, -0.15) is 11.8 Å². The molecule has 128 valence electrons. The van der Waals surface area contributed by atoms with Crippen molar-refractivity contribution in [2.45, 2.75) is 13.1 Å². The van der Waals surface area contributed by atoms with Crippen molar-refractivity contribution in [1.29, 1.82) is 0 Å². The summed E-state index contributed by atoms with van der Waals surface area (Å²) in [5, 5.41) is 8.69. The minimum absolute atomic E-state index is 0.0264. The van der Waals surface area contributed by atoms with Crippen molar-refractivity contribution in [2.24, 2.45) is 0 Å². The van der Waals surface area contributed by atoms with Crippen LogP contribution >= 0.6 is 23.4 Å². The maximum absolute atomic E-state index is 13.7. The molecule has 2 rings (SSSR count). The molecular weight excluding hydrogens is 359 g/mol. The van der Waals surface area contributed by atoms with Gasteiger partial charge in [0, 0.05) is 24.1 Å². The lowest BCUT2D eigenvalue weighted by Gasteiger charge is -2.12. The van der Waals surface area contributed by atoms with Gasteiger partial charge in [-0.1, -0.05) is 23.7 Å². The van der Waals surface area contributed by atoms with E-state index in [0.717, 1.165) is 21.4 Å². The molecule has 0 aliphatic rings. The number of aliphatic carboxylic acids is 1. The molecule has 1 heterocycles. The zero-order valence-electron chi connectivity index (χ0n) is 12.7. The van der Waals surface area contributed by atoms with Gasteiger partial charge in [-0.15, -0.1) is 0 Å². The SMILES string of the molecule is CSCCn1c(=O)c(-c2cccc(F)c2Cl)cn(CC(=O)O)c1=O. The molecule has 9 heteroatoms. The first kappa shape index (κ1) is 18.3. The quantitative estimate of drug-likeness (QED) is 0.837. The predicted octanol–water partition coefficient (Wildman–Crippen LogP) is 1.92. The Kier molecular flexibility index (Phi) is 5.84. The second-order valence-corrected chi connectivity index (χ2v) is 6.26. The molecular formula is C15H14ClFN2O4S. The summed E-state index contributed by atoms with van der Waals surface area (Å²) in [4.78, 5) is 35.9. The molecule has 24 heavy (non-hydrogen) atoms. The van der Waals surface area contributed by atoms with Crippen molar-refractivity contribution < 1.29 is 14.3 Å². The number of hydrogen-bond donors (Lipinski definition) is 1. The topological polar surface area (TPSA) is 81.3 Å². The molecule has 0 fully saturated rings. The number of rotatable bonds is 6. The third-order valence-corrected chi connectivity index (χ3v) is 4.28. The Morgan fingerprint density at radius 3 is 2.67 bits per heavy atom. The Balaban J connectivity index is 2.75. The molecule has 0 unspecified atom stereocenters. The Morgan fingerprint density at radius 2 is 2.04 bits per heavy atom. The van der Waals surface area contributed by atoms with Crippen LogP contribution in [0.3, 0.4) is 0 Å². The third kappa shape index (κ3) is 3.70. The van der Waals surface area contributed by atoms with Gasteiger partial charge < -0.3 is 5.11 Å². The number of thioether (sulfide) groups is 1. The molecule has 1 N–H and O–H groups in total. The smallest absolute Gasteiger partial charge is 0.331 e. The summed E-state index contributed by atoms with van der Waals surface area (Å²) in [7, 11) is 0. The van der Waals surface area contributed by atoms with Gasteiger partial charge in [-0.05, 0) is 12.3 Å². The summed E-state index contributed by atoms with van der Waals surface area (Å²) in [6.07, 6.45) is 2.92. The van der Waals surface area contributed by atoms with E-state index in [9.17, 15) is 18.8 Å². The molecule has 1 aromatic heterocycles. The van der Waals surface area contributed by atoms with Crippen LogP contribution in [-0.2, 0) is 17.9 Å². The maximum Gasteiger partial charge on any atom is 0.331 e. The van der Waals surface area contributed by atoms with Gasteiger partial charge >= 0.3 is 11.7 Å². The van der Waals surface area contributed by atoms with E-state index in [1.54, 1.807) is 0 Å². The van der Waals surface area contributed by atoms with Crippen LogP contribution in [0.15, 0.2) is 34.0 Å². The summed E-state index contributed by atoms with van der Waals surface area (Å²) in [6, 6.07) is 3.97. The second-order valence-electron chi connectivity index (χ2n) is 4.90. The molecule has 0 amide bonds. The third-order valence-electron chi connectivity index (χ3n) is 3.30. The average molecular weight is 373 g/mol. The first-order chi connectivity index (χ1) is 11.4. The lowest BCUT2D eigenvalue weighted by Crippen LogP contribution is -2.41. The molecule has 0 aliphatic heterocycles. The molecule has 0 aliphatic carbocycles. The van der Waals surface area contributed by atoms with E-state index in [1.807, 2.05) is 6.26 Å². The zero-order valence-corrected chi connectivity index (χ0v) is 14.2. The molecule has 0 bridgehead atoms. The molecule has 0 atom stereocenters. The first-order valence-corrected chi connectivity index (χ1v) is 8.63. The number of aromatic nitrogens is 2. The highest BCUT2D eigenvalue weighted by molar-refractivity contribution is 7.98. The van der Waals surface area contributed by atoms with Crippen LogP contribution in [0.2, 0.25) is 5.02 Å². The molecule has 0 saturated carbocycles. The van der Waals surface area contributed by atoms with Gasteiger partial charge in [0.1, 0.15) is 12.4 Å². The van der Waals surface area contributed by atoms with Crippen LogP contribution in [0.1, 0.15) is 0 Å². The molecule has 1 aromatic carbocycles. The van der Waals surface area contributed by atoms with Gasteiger partial charge in [0.25, 0.3) is 5.56 Å². The fourth-order valence-corrected chi connectivity index (χ4v) is 2.78. The van der Waals surface area contributed by atoms with Crippen LogP contribution in [0.4, 0.5) is 4.39 Å². The molecule has 0 radical (unpaired) electrons. The van der Waals surface area contributed by atoms with E-state index < -0.39 is 29.6 Å². The monoisotopic (exact) mass is 372 g/mol. The highest BCUT2D eigenvalue weighted by atomic mass is 35.5. The Morgan fingerprint density at radius 1 is 1.33 bits per heavy atom. The number of benzene rings is 1. The van der Waals surface area contributed by atoms with Crippen molar-refractivity contribution in [3.8, 4) is 11.1 Å². The van der Waals surface area contributed by atoms with Gasteiger partial charge in [0.15, 0.2) is 0 Å². The second kappa shape index (κ2) is 7.67. The molecule has 6 nitrogen and oxygen atoms in total. The van der Waals surface area contributed by atoms with E-state index in [2.05, 4.69) is 0 Å². The number of halogens is 2. The van der Waals surface area contributed by atoms with Gasteiger partial charge in [-0.25, -0.2) is 9.18 Å². The largest absolute Gasteiger partial charge is 0.480 e. The summed E-state index contributed by atoms with van der Waals surface area (Å²) in [5.41, 5.74) is -1.28. The molecule has 2 aromatic rings. The van der Waals surface area contributed by atoms with Crippen LogP contribution in [-0.4, -0.2) is 32.2 Å². The van der Waals surface area contributed by atoms with E-state index >= 15 is 0 Å². The zero-order chi connectivity index (χ0) is 17.9. The number of carbonyl (C=O) groups is 1. The summed E-state index contributed by atoms with van der Waals surface area (Å²) in [5.74, 6) is -1.45. The minimum Gasteiger partial charge on any atom is -0.480 e. The van der Waals surface area contributed by atoms with E-state index in [1.165, 1.54) is 23.9 Å². The summed E-state index contributed by atoms with van der Waals surface area (Å²) < 4.78 is 15.5. The van der Waals surface area contributed by atoms with E-state index in [0.29, 0.717) is 5.75 Å². The number of nitrogens with zero attached hydrogens (tertiary/aromatic N) is 2. The van der Waals surface area contributed by atoms with E-state index in [-0.39, 0.29) is 22.7 Å². The van der Waals surface area contributed by atoms with Crippen molar-refractivity contribution in [2.75, 3.05) is 12.0 Å². The highest BCUT2D eigenvalue weighted by Crippen LogP contribution is 2.27. The Hall–Kier alpha value is -2.06. The number of carboxylic acids is 1.